The van der Waals surface area contributed by atoms with Crippen molar-refractivity contribution in [1.82, 2.24) is 5.32 Å². The van der Waals surface area contributed by atoms with Gasteiger partial charge in [-0.3, -0.25) is 0 Å². The summed E-state index contributed by atoms with van der Waals surface area (Å²) in [6.45, 7) is 9.03. The molecule has 2 heteroatoms. The van der Waals surface area contributed by atoms with E-state index in [9.17, 15) is 0 Å². The largest absolute Gasteiger partial charge is 0.491 e. The van der Waals surface area contributed by atoms with Gasteiger partial charge in [-0.15, -0.1) is 0 Å². The van der Waals surface area contributed by atoms with Crippen LogP contribution in [0.3, 0.4) is 0 Å². The molecule has 60 valence electrons. The lowest BCUT2D eigenvalue weighted by Gasteiger charge is -2.05. The van der Waals surface area contributed by atoms with Crippen molar-refractivity contribution in [2.45, 2.75) is 6.42 Å². The van der Waals surface area contributed by atoms with Crippen LogP contribution in [0.5, 0.6) is 0 Å². The van der Waals surface area contributed by atoms with E-state index in [1.165, 1.54) is 0 Å². The van der Waals surface area contributed by atoms with Crippen molar-refractivity contribution >= 4 is 0 Å². The monoisotopic (exact) mass is 151 g/mol. The SMILES string of the molecule is C=CC1=C(C=C)OCCCN1. The van der Waals surface area contributed by atoms with Crippen molar-refractivity contribution in [2.75, 3.05) is 13.2 Å². The van der Waals surface area contributed by atoms with E-state index in [0.29, 0.717) is 0 Å². The molecule has 0 aromatic carbocycles. The smallest absolute Gasteiger partial charge is 0.141 e. The van der Waals surface area contributed by atoms with Crippen molar-refractivity contribution in [2.24, 2.45) is 0 Å². The fourth-order valence-corrected chi connectivity index (χ4v) is 0.984. The standard InChI is InChI=1S/C9H13NO/c1-3-8-9(4-2)11-7-5-6-10-8/h3-4,10H,1-2,5-7H2. The Morgan fingerprint density at radius 2 is 2.18 bits per heavy atom. The minimum atomic E-state index is 0.756. The Hall–Kier alpha value is -1.18. The van der Waals surface area contributed by atoms with Gasteiger partial charge in [0.15, 0.2) is 0 Å². The van der Waals surface area contributed by atoms with E-state index >= 15 is 0 Å². The zero-order valence-corrected chi connectivity index (χ0v) is 6.60. The van der Waals surface area contributed by atoms with Gasteiger partial charge in [0.05, 0.1) is 12.3 Å². The normalized spacial score (nSPS) is 17.8. The third-order valence-corrected chi connectivity index (χ3v) is 1.55. The highest BCUT2D eigenvalue weighted by Crippen LogP contribution is 2.09. The molecule has 0 aliphatic carbocycles. The fourth-order valence-electron chi connectivity index (χ4n) is 0.984. The first kappa shape index (κ1) is 7.92. The summed E-state index contributed by atoms with van der Waals surface area (Å²) in [6.07, 6.45) is 4.48. The molecule has 1 aliphatic heterocycles. The van der Waals surface area contributed by atoms with Crippen LogP contribution in [0, 0.1) is 0 Å². The molecule has 0 aromatic heterocycles. The highest BCUT2D eigenvalue weighted by molar-refractivity contribution is 5.25. The molecule has 1 rings (SSSR count). The summed E-state index contributed by atoms with van der Waals surface area (Å²) in [6, 6.07) is 0. The molecule has 1 aliphatic rings. The van der Waals surface area contributed by atoms with Crippen LogP contribution in [0.25, 0.3) is 0 Å². The van der Waals surface area contributed by atoms with Crippen LogP contribution in [0.2, 0.25) is 0 Å². The molecule has 1 heterocycles. The maximum absolute atomic E-state index is 5.38. The summed E-state index contributed by atoms with van der Waals surface area (Å²) in [7, 11) is 0. The summed E-state index contributed by atoms with van der Waals surface area (Å²) < 4.78 is 5.38. The average molecular weight is 151 g/mol. The van der Waals surface area contributed by atoms with Crippen molar-refractivity contribution in [1.29, 1.82) is 0 Å². The van der Waals surface area contributed by atoms with Crippen molar-refractivity contribution < 1.29 is 4.74 Å². The Morgan fingerprint density at radius 3 is 2.82 bits per heavy atom. The number of ether oxygens (including phenoxy) is 1. The van der Waals surface area contributed by atoms with Crippen molar-refractivity contribution in [3.63, 3.8) is 0 Å². The summed E-state index contributed by atoms with van der Waals surface area (Å²) >= 11 is 0. The van der Waals surface area contributed by atoms with Gasteiger partial charge in [0.1, 0.15) is 5.76 Å². The number of rotatable bonds is 2. The molecule has 2 nitrogen and oxygen atoms in total. The third-order valence-electron chi connectivity index (χ3n) is 1.55. The minimum Gasteiger partial charge on any atom is -0.491 e. The van der Waals surface area contributed by atoms with Crippen LogP contribution in [0.4, 0.5) is 0 Å². The van der Waals surface area contributed by atoms with Gasteiger partial charge in [-0.25, -0.2) is 0 Å². The van der Waals surface area contributed by atoms with Crippen LogP contribution < -0.4 is 5.32 Å². The molecule has 0 amide bonds. The lowest BCUT2D eigenvalue weighted by molar-refractivity contribution is 0.227. The maximum atomic E-state index is 5.38. The fraction of sp³-hybridized carbons (Fsp3) is 0.333. The van der Waals surface area contributed by atoms with E-state index in [-0.39, 0.29) is 0 Å². The van der Waals surface area contributed by atoms with Gasteiger partial charge in [-0.05, 0) is 18.6 Å². The van der Waals surface area contributed by atoms with E-state index < -0.39 is 0 Å². The van der Waals surface area contributed by atoms with Crippen LogP contribution in [-0.4, -0.2) is 13.2 Å². The van der Waals surface area contributed by atoms with Gasteiger partial charge in [-0.1, -0.05) is 13.2 Å². The Bertz CT molecular complexity index is 174. The van der Waals surface area contributed by atoms with Crippen LogP contribution >= 0.6 is 0 Å². The molecular weight excluding hydrogens is 138 g/mol. The second-order valence-corrected chi connectivity index (χ2v) is 2.31. The second kappa shape index (κ2) is 3.86. The molecule has 0 radical (unpaired) electrons. The molecule has 0 atom stereocenters. The predicted octanol–water partition coefficient (Wildman–Crippen LogP) is 1.58. The lowest BCUT2D eigenvalue weighted by atomic mass is 10.3. The average Bonchev–Trinajstić information content (AvgIpc) is 2.27. The maximum Gasteiger partial charge on any atom is 0.141 e. The molecule has 0 bridgehead atoms. The number of nitrogens with one attached hydrogen (secondary N) is 1. The number of allylic oxidation sites excluding steroid dienone is 2. The first-order valence-corrected chi connectivity index (χ1v) is 3.74. The van der Waals surface area contributed by atoms with E-state index in [4.69, 9.17) is 4.74 Å². The lowest BCUT2D eigenvalue weighted by Crippen LogP contribution is -2.12. The van der Waals surface area contributed by atoms with Gasteiger partial charge < -0.3 is 10.1 Å². The molecular formula is C9H13NO. The summed E-state index contributed by atoms with van der Waals surface area (Å²) in [4.78, 5) is 0. The Morgan fingerprint density at radius 1 is 1.36 bits per heavy atom. The zero-order valence-electron chi connectivity index (χ0n) is 6.60. The summed E-state index contributed by atoms with van der Waals surface area (Å²) in [5.74, 6) is 0.803. The molecule has 0 saturated heterocycles. The molecule has 1 N–H and O–H groups in total. The van der Waals surface area contributed by atoms with Gasteiger partial charge in [0, 0.05) is 6.54 Å². The van der Waals surface area contributed by atoms with E-state index in [1.54, 1.807) is 12.2 Å². The Labute approximate surface area is 67.2 Å². The summed E-state index contributed by atoms with van der Waals surface area (Å²) in [5, 5.41) is 3.20. The predicted molar refractivity (Wildman–Crippen MR) is 46.0 cm³/mol. The topological polar surface area (TPSA) is 21.3 Å². The Balaban J connectivity index is 2.79. The number of hydrogen-bond donors (Lipinski definition) is 1. The van der Waals surface area contributed by atoms with E-state index in [0.717, 1.165) is 31.0 Å². The first-order chi connectivity index (χ1) is 5.38. The zero-order chi connectivity index (χ0) is 8.10. The first-order valence-electron chi connectivity index (χ1n) is 3.74. The molecule has 0 spiro atoms. The molecule has 0 aromatic rings. The van der Waals surface area contributed by atoms with Gasteiger partial charge in [0.25, 0.3) is 0 Å². The van der Waals surface area contributed by atoms with Crippen LogP contribution in [0.15, 0.2) is 36.8 Å². The van der Waals surface area contributed by atoms with Crippen LogP contribution in [-0.2, 0) is 4.74 Å². The van der Waals surface area contributed by atoms with E-state index in [2.05, 4.69) is 18.5 Å². The minimum absolute atomic E-state index is 0.756. The summed E-state index contributed by atoms with van der Waals surface area (Å²) in [5.41, 5.74) is 0.942. The highest BCUT2D eigenvalue weighted by atomic mass is 16.5. The highest BCUT2D eigenvalue weighted by Gasteiger charge is 2.04. The van der Waals surface area contributed by atoms with Gasteiger partial charge >= 0.3 is 0 Å². The molecule has 0 saturated carbocycles. The Kier molecular flexibility index (Phi) is 2.78. The van der Waals surface area contributed by atoms with Gasteiger partial charge in [-0.2, -0.15) is 0 Å². The van der Waals surface area contributed by atoms with E-state index in [1.807, 2.05) is 0 Å². The van der Waals surface area contributed by atoms with Crippen LogP contribution in [0.1, 0.15) is 6.42 Å². The van der Waals surface area contributed by atoms with Crippen molar-refractivity contribution in [3.05, 3.63) is 36.8 Å². The second-order valence-electron chi connectivity index (χ2n) is 2.31. The molecule has 0 fully saturated rings. The molecule has 0 unspecified atom stereocenters. The number of hydrogen-bond acceptors (Lipinski definition) is 2. The molecule has 11 heavy (non-hydrogen) atoms. The third kappa shape index (κ3) is 1.87. The quantitative estimate of drug-likeness (QED) is 0.647. The van der Waals surface area contributed by atoms with Gasteiger partial charge in [0.2, 0.25) is 0 Å². The van der Waals surface area contributed by atoms with Crippen molar-refractivity contribution in [3.8, 4) is 0 Å².